The number of ether oxygens (including phenoxy) is 1. The SMILES string of the molecule is COc1ccc(Br)c(C(=O)NC(C)CCCC(C)C)c1. The van der Waals surface area contributed by atoms with Crippen LogP contribution in [0, 0.1) is 5.92 Å². The predicted octanol–water partition coefficient (Wildman–Crippen LogP) is 4.40. The van der Waals surface area contributed by atoms with Crippen molar-refractivity contribution in [3.8, 4) is 5.75 Å². The number of methoxy groups -OCH3 is 1. The van der Waals surface area contributed by atoms with Gasteiger partial charge in [0.2, 0.25) is 0 Å². The van der Waals surface area contributed by atoms with Gasteiger partial charge < -0.3 is 10.1 Å². The summed E-state index contributed by atoms with van der Waals surface area (Å²) in [5, 5.41) is 3.04. The Bertz CT molecular complexity index is 446. The van der Waals surface area contributed by atoms with E-state index in [9.17, 15) is 4.79 Å². The molecule has 0 aliphatic heterocycles. The molecular weight excluding hydrogens is 318 g/mol. The van der Waals surface area contributed by atoms with Crippen LogP contribution in [0.3, 0.4) is 0 Å². The van der Waals surface area contributed by atoms with Crippen molar-refractivity contribution in [2.45, 2.75) is 46.1 Å². The Kier molecular flexibility index (Phi) is 7.06. The molecule has 0 aliphatic carbocycles. The minimum absolute atomic E-state index is 0.0622. The highest BCUT2D eigenvalue weighted by molar-refractivity contribution is 9.10. The molecule has 112 valence electrons. The van der Waals surface area contributed by atoms with Crippen molar-refractivity contribution in [1.29, 1.82) is 0 Å². The highest BCUT2D eigenvalue weighted by atomic mass is 79.9. The Hall–Kier alpha value is -1.03. The molecule has 1 unspecified atom stereocenters. The van der Waals surface area contributed by atoms with Crippen LogP contribution < -0.4 is 10.1 Å². The third-order valence-electron chi connectivity index (χ3n) is 3.21. The zero-order valence-electron chi connectivity index (χ0n) is 12.7. The summed E-state index contributed by atoms with van der Waals surface area (Å²) >= 11 is 3.41. The van der Waals surface area contributed by atoms with Crippen LogP contribution in [-0.2, 0) is 0 Å². The summed E-state index contributed by atoms with van der Waals surface area (Å²) in [4.78, 5) is 12.2. The van der Waals surface area contributed by atoms with E-state index in [0.29, 0.717) is 17.2 Å². The Morgan fingerprint density at radius 3 is 2.60 bits per heavy atom. The molecule has 0 fully saturated rings. The van der Waals surface area contributed by atoms with Crippen molar-refractivity contribution in [2.24, 2.45) is 5.92 Å². The summed E-state index contributed by atoms with van der Waals surface area (Å²) in [5.41, 5.74) is 0.611. The fourth-order valence-corrected chi connectivity index (χ4v) is 2.44. The molecule has 0 radical (unpaired) electrons. The molecule has 0 heterocycles. The van der Waals surface area contributed by atoms with Crippen LogP contribution >= 0.6 is 15.9 Å². The van der Waals surface area contributed by atoms with Crippen molar-refractivity contribution >= 4 is 21.8 Å². The minimum atomic E-state index is -0.0622. The molecule has 4 heteroatoms. The largest absolute Gasteiger partial charge is 0.497 e. The lowest BCUT2D eigenvalue weighted by atomic mass is 10.0. The number of rotatable bonds is 7. The van der Waals surface area contributed by atoms with Gasteiger partial charge in [-0.15, -0.1) is 0 Å². The first-order chi connectivity index (χ1) is 9.43. The van der Waals surface area contributed by atoms with Gasteiger partial charge in [0.1, 0.15) is 5.75 Å². The van der Waals surface area contributed by atoms with E-state index in [1.165, 1.54) is 6.42 Å². The first-order valence-corrected chi connectivity index (χ1v) is 7.87. The lowest BCUT2D eigenvalue weighted by Gasteiger charge is -2.15. The van der Waals surface area contributed by atoms with E-state index in [4.69, 9.17) is 4.74 Å². The van der Waals surface area contributed by atoms with E-state index in [1.54, 1.807) is 13.2 Å². The number of hydrogen-bond donors (Lipinski definition) is 1. The van der Waals surface area contributed by atoms with Crippen molar-refractivity contribution in [2.75, 3.05) is 7.11 Å². The number of amides is 1. The Balaban J connectivity index is 2.57. The number of carbonyl (C=O) groups is 1. The maximum absolute atomic E-state index is 12.2. The third kappa shape index (κ3) is 5.53. The molecular formula is C16H24BrNO2. The summed E-state index contributed by atoms with van der Waals surface area (Å²) in [5.74, 6) is 1.34. The van der Waals surface area contributed by atoms with Crippen LogP contribution in [0.4, 0.5) is 0 Å². The van der Waals surface area contributed by atoms with Gasteiger partial charge in [0.25, 0.3) is 5.91 Å². The molecule has 20 heavy (non-hydrogen) atoms. The molecule has 1 rings (SSSR count). The summed E-state index contributed by atoms with van der Waals surface area (Å²) in [7, 11) is 1.60. The number of carbonyl (C=O) groups excluding carboxylic acids is 1. The van der Waals surface area contributed by atoms with Crippen molar-refractivity contribution < 1.29 is 9.53 Å². The van der Waals surface area contributed by atoms with Gasteiger partial charge in [-0.1, -0.05) is 26.7 Å². The van der Waals surface area contributed by atoms with Gasteiger partial charge in [-0.25, -0.2) is 0 Å². The monoisotopic (exact) mass is 341 g/mol. The van der Waals surface area contributed by atoms with Crippen LogP contribution in [0.25, 0.3) is 0 Å². The molecule has 1 aromatic carbocycles. The van der Waals surface area contributed by atoms with Gasteiger partial charge in [-0.2, -0.15) is 0 Å². The minimum Gasteiger partial charge on any atom is -0.497 e. The van der Waals surface area contributed by atoms with Crippen LogP contribution in [0.15, 0.2) is 22.7 Å². The van der Waals surface area contributed by atoms with E-state index in [-0.39, 0.29) is 11.9 Å². The van der Waals surface area contributed by atoms with Crippen LogP contribution in [0.2, 0.25) is 0 Å². The predicted molar refractivity (Wildman–Crippen MR) is 86.3 cm³/mol. The number of halogens is 1. The van der Waals surface area contributed by atoms with Gasteiger partial charge in [0, 0.05) is 10.5 Å². The molecule has 0 bridgehead atoms. The molecule has 3 nitrogen and oxygen atoms in total. The second kappa shape index (κ2) is 8.30. The summed E-state index contributed by atoms with van der Waals surface area (Å²) in [6.45, 7) is 6.49. The number of hydrogen-bond acceptors (Lipinski definition) is 2. The summed E-state index contributed by atoms with van der Waals surface area (Å²) in [6, 6.07) is 5.59. The van der Waals surface area contributed by atoms with E-state index in [1.807, 2.05) is 19.1 Å². The third-order valence-corrected chi connectivity index (χ3v) is 3.91. The van der Waals surface area contributed by atoms with Crippen molar-refractivity contribution in [1.82, 2.24) is 5.32 Å². The first kappa shape index (κ1) is 17.0. The molecule has 1 N–H and O–H groups in total. The topological polar surface area (TPSA) is 38.3 Å². The maximum Gasteiger partial charge on any atom is 0.252 e. The van der Waals surface area contributed by atoms with Crippen LogP contribution in [0.5, 0.6) is 5.75 Å². The molecule has 0 saturated carbocycles. The zero-order valence-corrected chi connectivity index (χ0v) is 14.3. The molecule has 0 aromatic heterocycles. The lowest BCUT2D eigenvalue weighted by molar-refractivity contribution is 0.0936. The lowest BCUT2D eigenvalue weighted by Crippen LogP contribution is -2.32. The van der Waals surface area contributed by atoms with Crippen LogP contribution in [-0.4, -0.2) is 19.1 Å². The van der Waals surface area contributed by atoms with Gasteiger partial charge in [0.05, 0.1) is 12.7 Å². The Morgan fingerprint density at radius 1 is 1.30 bits per heavy atom. The van der Waals surface area contributed by atoms with Gasteiger partial charge in [0.15, 0.2) is 0 Å². The Morgan fingerprint density at radius 2 is 2.00 bits per heavy atom. The van der Waals surface area contributed by atoms with E-state index in [2.05, 4.69) is 35.1 Å². The van der Waals surface area contributed by atoms with Gasteiger partial charge >= 0.3 is 0 Å². The molecule has 0 spiro atoms. The maximum atomic E-state index is 12.2. The molecule has 1 atom stereocenters. The number of nitrogens with one attached hydrogen (secondary N) is 1. The van der Waals surface area contributed by atoms with E-state index < -0.39 is 0 Å². The molecule has 0 aliphatic rings. The second-order valence-electron chi connectivity index (χ2n) is 5.55. The fraction of sp³-hybridized carbons (Fsp3) is 0.562. The van der Waals surface area contributed by atoms with Gasteiger partial charge in [-0.05, 0) is 53.4 Å². The van der Waals surface area contributed by atoms with Crippen LogP contribution in [0.1, 0.15) is 50.4 Å². The molecule has 1 aromatic rings. The molecule has 0 saturated heterocycles. The Labute approximate surface area is 130 Å². The quantitative estimate of drug-likeness (QED) is 0.797. The van der Waals surface area contributed by atoms with E-state index in [0.717, 1.165) is 17.3 Å². The molecule has 1 amide bonds. The zero-order chi connectivity index (χ0) is 15.1. The standard InChI is InChI=1S/C16H24BrNO2/c1-11(2)6-5-7-12(3)18-16(19)14-10-13(20-4)8-9-15(14)17/h8-12H,5-7H2,1-4H3,(H,18,19). The average molecular weight is 342 g/mol. The van der Waals surface area contributed by atoms with Crippen molar-refractivity contribution in [3.05, 3.63) is 28.2 Å². The second-order valence-corrected chi connectivity index (χ2v) is 6.40. The van der Waals surface area contributed by atoms with Crippen molar-refractivity contribution in [3.63, 3.8) is 0 Å². The normalized spacial score (nSPS) is 12.3. The first-order valence-electron chi connectivity index (χ1n) is 7.08. The smallest absolute Gasteiger partial charge is 0.252 e. The highest BCUT2D eigenvalue weighted by Crippen LogP contribution is 2.22. The fourth-order valence-electron chi connectivity index (χ4n) is 2.01. The summed E-state index contributed by atoms with van der Waals surface area (Å²) in [6.07, 6.45) is 3.34. The summed E-state index contributed by atoms with van der Waals surface area (Å²) < 4.78 is 5.94. The van der Waals surface area contributed by atoms with Gasteiger partial charge in [-0.3, -0.25) is 4.79 Å². The number of benzene rings is 1. The van der Waals surface area contributed by atoms with E-state index >= 15 is 0 Å². The highest BCUT2D eigenvalue weighted by Gasteiger charge is 2.14. The average Bonchev–Trinajstić information content (AvgIpc) is 2.38.